The van der Waals surface area contributed by atoms with Gasteiger partial charge in [-0.3, -0.25) is 4.79 Å². The molecule has 0 aromatic carbocycles. The van der Waals surface area contributed by atoms with Crippen LogP contribution in [0.25, 0.3) is 0 Å². The molecule has 0 aliphatic rings. The van der Waals surface area contributed by atoms with E-state index in [1.165, 1.54) is 6.92 Å². The first-order chi connectivity index (χ1) is 8.61. The lowest BCUT2D eigenvalue weighted by Gasteiger charge is -2.28. The highest BCUT2D eigenvalue weighted by molar-refractivity contribution is 5.80. The summed E-state index contributed by atoms with van der Waals surface area (Å²) in [6, 6.07) is -1.63. The van der Waals surface area contributed by atoms with Crippen molar-refractivity contribution < 1.29 is 32.3 Å². The Kier molecular flexibility index (Phi) is 6.57. The number of carbonyl (C=O) groups excluding carboxylic acids is 1. The number of urea groups is 1. The van der Waals surface area contributed by atoms with Gasteiger partial charge < -0.3 is 15.3 Å². The van der Waals surface area contributed by atoms with Crippen LogP contribution in [-0.4, -0.2) is 53.5 Å². The van der Waals surface area contributed by atoms with Gasteiger partial charge in [0.25, 0.3) is 0 Å². The summed E-state index contributed by atoms with van der Waals surface area (Å²) in [7, 11) is 0. The average Bonchev–Trinajstić information content (AvgIpc) is 2.31. The van der Waals surface area contributed by atoms with Crippen LogP contribution in [0.5, 0.6) is 0 Å². The third-order valence-electron chi connectivity index (χ3n) is 2.48. The highest BCUT2D eigenvalue weighted by Crippen LogP contribution is 2.21. The summed E-state index contributed by atoms with van der Waals surface area (Å²) in [5, 5.41) is 10.2. The number of halogens is 4. The molecule has 19 heavy (non-hydrogen) atoms. The minimum Gasteiger partial charge on any atom is -0.480 e. The van der Waals surface area contributed by atoms with Crippen molar-refractivity contribution in [1.82, 2.24) is 10.2 Å². The van der Waals surface area contributed by atoms with Crippen LogP contribution in [0.2, 0.25) is 0 Å². The van der Waals surface area contributed by atoms with Crippen molar-refractivity contribution in [2.75, 3.05) is 13.1 Å². The summed E-state index contributed by atoms with van der Waals surface area (Å²) < 4.78 is 49.0. The predicted octanol–water partition coefficient (Wildman–Crippen LogP) is 1.78. The van der Waals surface area contributed by atoms with Gasteiger partial charge in [0, 0.05) is 6.04 Å². The third kappa shape index (κ3) is 5.75. The van der Waals surface area contributed by atoms with Crippen LogP contribution in [0.4, 0.5) is 22.4 Å². The van der Waals surface area contributed by atoms with Gasteiger partial charge in [-0.15, -0.1) is 0 Å². The van der Waals surface area contributed by atoms with E-state index in [9.17, 15) is 27.2 Å². The molecule has 2 amide bonds. The van der Waals surface area contributed by atoms with Crippen molar-refractivity contribution in [2.45, 2.75) is 38.7 Å². The van der Waals surface area contributed by atoms with Crippen molar-refractivity contribution in [3.05, 3.63) is 0 Å². The minimum atomic E-state index is -4.35. The van der Waals surface area contributed by atoms with Gasteiger partial charge in [0.05, 0.1) is 6.54 Å². The number of aliphatic carboxylic acids is 1. The fraction of sp³-hybridized carbons (Fsp3) is 0.800. The molecule has 0 rings (SSSR count). The van der Waals surface area contributed by atoms with Gasteiger partial charge in [-0.05, 0) is 13.3 Å². The van der Waals surface area contributed by atoms with Crippen molar-refractivity contribution >= 4 is 12.0 Å². The molecule has 0 fully saturated rings. The number of hydrogen-bond donors (Lipinski definition) is 2. The average molecular weight is 288 g/mol. The summed E-state index contributed by atoms with van der Waals surface area (Å²) in [5.41, 5.74) is 0. The number of nitrogens with one attached hydrogen (secondary N) is 1. The third-order valence-corrected chi connectivity index (χ3v) is 2.48. The Labute approximate surface area is 107 Å². The Hall–Kier alpha value is -1.54. The van der Waals surface area contributed by atoms with E-state index in [0.717, 1.165) is 4.90 Å². The van der Waals surface area contributed by atoms with Gasteiger partial charge in [-0.25, -0.2) is 13.6 Å². The summed E-state index contributed by atoms with van der Waals surface area (Å²) in [5.74, 6) is -5.67. The smallest absolute Gasteiger partial charge is 0.324 e. The Bertz CT molecular complexity index is 326. The molecular formula is C10H16F4N2O3. The molecule has 0 aromatic heterocycles. The van der Waals surface area contributed by atoms with Gasteiger partial charge >= 0.3 is 24.3 Å². The molecule has 0 radical (unpaired) electrons. The van der Waals surface area contributed by atoms with Crippen LogP contribution in [0.15, 0.2) is 0 Å². The lowest BCUT2D eigenvalue weighted by atomic mass is 10.2. The van der Waals surface area contributed by atoms with Crippen molar-refractivity contribution in [3.8, 4) is 0 Å². The lowest BCUT2D eigenvalue weighted by Crippen LogP contribution is -2.51. The standard InChI is InChI=1S/C10H16F4N2O3/c1-3-6(2)16(4-7(17)18)9(19)15-5-10(13,14)8(11)12/h6,8H,3-5H2,1-2H3,(H,15,19)(H,17,18). The number of rotatable bonds is 7. The molecule has 0 aliphatic carbocycles. The first kappa shape index (κ1) is 17.5. The highest BCUT2D eigenvalue weighted by atomic mass is 19.3. The maximum atomic E-state index is 12.6. The number of hydrogen-bond acceptors (Lipinski definition) is 2. The number of nitrogens with zero attached hydrogens (tertiary/aromatic N) is 1. The molecule has 1 unspecified atom stereocenters. The largest absolute Gasteiger partial charge is 0.480 e. The molecule has 0 saturated carbocycles. The fourth-order valence-electron chi connectivity index (χ4n) is 1.17. The van der Waals surface area contributed by atoms with Gasteiger partial charge in [-0.2, -0.15) is 8.78 Å². The van der Waals surface area contributed by atoms with E-state index in [4.69, 9.17) is 5.11 Å². The Morgan fingerprint density at radius 1 is 1.37 bits per heavy atom. The highest BCUT2D eigenvalue weighted by Gasteiger charge is 2.41. The second kappa shape index (κ2) is 7.15. The Morgan fingerprint density at radius 3 is 2.26 bits per heavy atom. The number of carboxylic acids is 1. The van der Waals surface area contributed by atoms with E-state index in [2.05, 4.69) is 0 Å². The number of carbonyl (C=O) groups is 2. The summed E-state index contributed by atoms with van der Waals surface area (Å²) in [4.78, 5) is 22.9. The van der Waals surface area contributed by atoms with Crippen molar-refractivity contribution in [3.63, 3.8) is 0 Å². The molecule has 0 spiro atoms. The summed E-state index contributed by atoms with van der Waals surface area (Å²) in [6.45, 7) is 0.950. The molecule has 0 aliphatic heterocycles. The van der Waals surface area contributed by atoms with Crippen LogP contribution < -0.4 is 5.32 Å². The normalized spacial score (nSPS) is 13.2. The van der Waals surface area contributed by atoms with Gasteiger partial charge in [0.1, 0.15) is 6.54 Å². The summed E-state index contributed by atoms with van der Waals surface area (Å²) in [6.07, 6.45) is -3.50. The molecule has 0 bridgehead atoms. The molecule has 112 valence electrons. The van der Waals surface area contributed by atoms with Crippen molar-refractivity contribution in [2.24, 2.45) is 0 Å². The van der Waals surface area contributed by atoms with Crippen LogP contribution in [0.1, 0.15) is 20.3 Å². The zero-order chi connectivity index (χ0) is 15.2. The quantitative estimate of drug-likeness (QED) is 0.702. The number of amides is 2. The second-order valence-corrected chi connectivity index (χ2v) is 4.00. The van der Waals surface area contributed by atoms with Gasteiger partial charge in [0.15, 0.2) is 0 Å². The predicted molar refractivity (Wildman–Crippen MR) is 58.4 cm³/mol. The molecule has 0 heterocycles. The topological polar surface area (TPSA) is 69.6 Å². The van der Waals surface area contributed by atoms with E-state index in [0.29, 0.717) is 6.42 Å². The second-order valence-electron chi connectivity index (χ2n) is 4.00. The van der Waals surface area contributed by atoms with Crippen LogP contribution >= 0.6 is 0 Å². The molecule has 9 heteroatoms. The monoisotopic (exact) mass is 288 g/mol. The van der Waals surface area contributed by atoms with Crippen molar-refractivity contribution in [1.29, 1.82) is 0 Å². The van der Waals surface area contributed by atoms with Gasteiger partial charge in [0.2, 0.25) is 0 Å². The number of alkyl halides is 4. The molecular weight excluding hydrogens is 272 g/mol. The Morgan fingerprint density at radius 2 is 1.89 bits per heavy atom. The summed E-state index contributed by atoms with van der Waals surface area (Å²) >= 11 is 0. The van der Waals surface area contributed by atoms with Gasteiger partial charge in [-0.1, -0.05) is 6.92 Å². The maximum absolute atomic E-state index is 12.6. The SMILES string of the molecule is CCC(C)N(CC(=O)O)C(=O)NCC(F)(F)C(F)F. The lowest BCUT2D eigenvalue weighted by molar-refractivity contribution is -0.138. The van der Waals surface area contributed by atoms with E-state index < -0.39 is 43.5 Å². The van der Waals surface area contributed by atoms with E-state index >= 15 is 0 Å². The van der Waals surface area contributed by atoms with E-state index in [1.54, 1.807) is 12.2 Å². The minimum absolute atomic E-state index is 0.395. The zero-order valence-electron chi connectivity index (χ0n) is 10.5. The first-order valence-corrected chi connectivity index (χ1v) is 5.54. The van der Waals surface area contributed by atoms with E-state index in [-0.39, 0.29) is 0 Å². The first-order valence-electron chi connectivity index (χ1n) is 5.54. The molecule has 0 aromatic rings. The molecule has 2 N–H and O–H groups in total. The molecule has 1 atom stereocenters. The molecule has 5 nitrogen and oxygen atoms in total. The maximum Gasteiger partial charge on any atom is 0.324 e. The molecule has 0 saturated heterocycles. The van der Waals surface area contributed by atoms with Crippen LogP contribution in [-0.2, 0) is 4.79 Å². The van der Waals surface area contributed by atoms with Crippen LogP contribution in [0, 0.1) is 0 Å². The zero-order valence-corrected chi connectivity index (χ0v) is 10.5. The van der Waals surface area contributed by atoms with E-state index in [1.807, 2.05) is 0 Å². The fourth-order valence-corrected chi connectivity index (χ4v) is 1.17. The van der Waals surface area contributed by atoms with Crippen LogP contribution in [0.3, 0.4) is 0 Å². The Balaban J connectivity index is 4.61. The number of carboxylic acid groups (broad SMARTS) is 1.